The second kappa shape index (κ2) is 5.89. The maximum Gasteiger partial charge on any atom is 0.225 e. The van der Waals surface area contributed by atoms with Gasteiger partial charge in [0.15, 0.2) is 0 Å². The van der Waals surface area contributed by atoms with Gasteiger partial charge in [0.1, 0.15) is 0 Å². The van der Waals surface area contributed by atoms with Crippen LogP contribution in [0.15, 0.2) is 12.4 Å². The summed E-state index contributed by atoms with van der Waals surface area (Å²) in [5.74, 6) is 3.22. The van der Waals surface area contributed by atoms with Crippen LogP contribution in [0, 0.1) is 0 Å². The van der Waals surface area contributed by atoms with Crippen LogP contribution >= 0.6 is 11.8 Å². The van der Waals surface area contributed by atoms with E-state index in [1.807, 2.05) is 24.2 Å². The molecule has 0 spiro atoms. The third kappa shape index (κ3) is 4.14. The summed E-state index contributed by atoms with van der Waals surface area (Å²) in [5.41, 5.74) is 1.27. The van der Waals surface area contributed by atoms with Crippen LogP contribution in [-0.2, 0) is 6.54 Å². The lowest BCUT2D eigenvalue weighted by Gasteiger charge is -2.26. The summed E-state index contributed by atoms with van der Waals surface area (Å²) < 4.78 is 0. The molecule has 0 amide bonds. The number of nitrogens with one attached hydrogen (secondary N) is 1. The molecule has 0 bridgehead atoms. The second-order valence-electron chi connectivity index (χ2n) is 5.59. The zero-order valence-corrected chi connectivity index (χ0v) is 12.3. The van der Waals surface area contributed by atoms with Crippen molar-refractivity contribution in [3.63, 3.8) is 0 Å². The van der Waals surface area contributed by atoms with Gasteiger partial charge in [-0.25, -0.2) is 9.97 Å². The van der Waals surface area contributed by atoms with Crippen LogP contribution in [-0.4, -0.2) is 40.1 Å². The molecule has 4 nitrogen and oxygen atoms in total. The number of aromatic nitrogens is 2. The predicted octanol–water partition coefficient (Wildman–Crippen LogP) is 1.92. The first-order valence-electron chi connectivity index (χ1n) is 6.43. The monoisotopic (exact) mass is 266 g/mol. The molecule has 18 heavy (non-hydrogen) atoms. The molecule has 1 N–H and O–H groups in total. The molecule has 2 heterocycles. The van der Waals surface area contributed by atoms with Crippen molar-refractivity contribution >= 4 is 17.7 Å². The Morgan fingerprint density at radius 2 is 1.83 bits per heavy atom. The van der Waals surface area contributed by atoms with E-state index in [1.54, 1.807) is 0 Å². The van der Waals surface area contributed by atoms with E-state index in [0.29, 0.717) is 0 Å². The van der Waals surface area contributed by atoms with Crippen LogP contribution in [0.2, 0.25) is 0 Å². The van der Waals surface area contributed by atoms with Crippen LogP contribution in [0.5, 0.6) is 0 Å². The molecule has 1 aliphatic rings. The first-order chi connectivity index (χ1) is 8.54. The van der Waals surface area contributed by atoms with E-state index in [0.717, 1.165) is 31.1 Å². The molecule has 1 saturated heterocycles. The van der Waals surface area contributed by atoms with Gasteiger partial charge in [-0.15, -0.1) is 0 Å². The van der Waals surface area contributed by atoms with Gasteiger partial charge in [0.2, 0.25) is 5.95 Å². The van der Waals surface area contributed by atoms with Crippen molar-refractivity contribution < 1.29 is 0 Å². The SMILES string of the molecule is CC(C)(C)NCc1cnc(N2CCSCC2)nc1. The molecule has 2 rings (SSSR count). The molecular formula is C13H22N4S. The highest BCUT2D eigenvalue weighted by molar-refractivity contribution is 7.99. The van der Waals surface area contributed by atoms with Crippen LogP contribution < -0.4 is 10.2 Å². The fraction of sp³-hybridized carbons (Fsp3) is 0.692. The fourth-order valence-corrected chi connectivity index (χ4v) is 2.64. The Hall–Kier alpha value is -0.810. The maximum atomic E-state index is 4.47. The van der Waals surface area contributed by atoms with Crippen molar-refractivity contribution in [1.82, 2.24) is 15.3 Å². The number of hydrogen-bond acceptors (Lipinski definition) is 5. The van der Waals surface area contributed by atoms with E-state index in [9.17, 15) is 0 Å². The third-order valence-corrected chi connectivity index (χ3v) is 3.75. The number of anilines is 1. The van der Waals surface area contributed by atoms with E-state index >= 15 is 0 Å². The van der Waals surface area contributed by atoms with Gasteiger partial charge < -0.3 is 10.2 Å². The molecule has 1 aliphatic heterocycles. The fourth-order valence-electron chi connectivity index (χ4n) is 1.73. The highest BCUT2D eigenvalue weighted by atomic mass is 32.2. The molecular weight excluding hydrogens is 244 g/mol. The summed E-state index contributed by atoms with van der Waals surface area (Å²) in [6.45, 7) is 9.42. The van der Waals surface area contributed by atoms with Crippen molar-refractivity contribution in [3.8, 4) is 0 Å². The second-order valence-corrected chi connectivity index (χ2v) is 6.82. The first kappa shape index (κ1) is 13.6. The topological polar surface area (TPSA) is 41.1 Å². The number of thioether (sulfide) groups is 1. The molecule has 100 valence electrons. The first-order valence-corrected chi connectivity index (χ1v) is 7.59. The van der Waals surface area contributed by atoms with Crippen molar-refractivity contribution in [3.05, 3.63) is 18.0 Å². The number of nitrogens with zero attached hydrogens (tertiary/aromatic N) is 3. The van der Waals surface area contributed by atoms with E-state index < -0.39 is 0 Å². The van der Waals surface area contributed by atoms with Crippen molar-refractivity contribution in [2.75, 3.05) is 29.5 Å². The lowest BCUT2D eigenvalue weighted by Crippen LogP contribution is -2.35. The summed E-state index contributed by atoms with van der Waals surface area (Å²) in [6, 6.07) is 0. The highest BCUT2D eigenvalue weighted by Crippen LogP contribution is 2.14. The summed E-state index contributed by atoms with van der Waals surface area (Å²) in [7, 11) is 0. The minimum atomic E-state index is 0.128. The van der Waals surface area contributed by atoms with Gasteiger partial charge in [-0.2, -0.15) is 11.8 Å². The normalized spacial score (nSPS) is 16.9. The van der Waals surface area contributed by atoms with Gasteiger partial charge in [0.25, 0.3) is 0 Å². The Bertz CT molecular complexity index is 366. The quantitative estimate of drug-likeness (QED) is 0.905. The van der Waals surface area contributed by atoms with E-state index in [4.69, 9.17) is 0 Å². The molecule has 1 fully saturated rings. The zero-order valence-electron chi connectivity index (χ0n) is 11.4. The minimum absolute atomic E-state index is 0.128. The van der Waals surface area contributed by atoms with Gasteiger partial charge in [-0.05, 0) is 20.8 Å². The summed E-state index contributed by atoms with van der Waals surface area (Å²) in [4.78, 5) is 11.2. The summed E-state index contributed by atoms with van der Waals surface area (Å²) in [6.07, 6.45) is 3.87. The lowest BCUT2D eigenvalue weighted by atomic mass is 10.1. The highest BCUT2D eigenvalue weighted by Gasteiger charge is 2.13. The Kier molecular flexibility index (Phi) is 4.45. The van der Waals surface area contributed by atoms with Crippen LogP contribution in [0.25, 0.3) is 0 Å². The third-order valence-electron chi connectivity index (χ3n) is 2.81. The Labute approximate surface area is 114 Å². The van der Waals surface area contributed by atoms with Gasteiger partial charge in [-0.1, -0.05) is 0 Å². The smallest absolute Gasteiger partial charge is 0.225 e. The lowest BCUT2D eigenvalue weighted by molar-refractivity contribution is 0.423. The zero-order chi connectivity index (χ0) is 13.0. The molecule has 0 saturated carbocycles. The molecule has 1 aromatic heterocycles. The van der Waals surface area contributed by atoms with Crippen molar-refractivity contribution in [2.45, 2.75) is 32.9 Å². The summed E-state index contributed by atoms with van der Waals surface area (Å²) >= 11 is 2.00. The maximum absolute atomic E-state index is 4.47. The standard InChI is InChI=1S/C13H22N4S/c1-13(2,3)16-10-11-8-14-12(15-9-11)17-4-6-18-7-5-17/h8-9,16H,4-7,10H2,1-3H3. The predicted molar refractivity (Wildman–Crippen MR) is 78.2 cm³/mol. The molecule has 0 unspecified atom stereocenters. The summed E-state index contributed by atoms with van der Waals surface area (Å²) in [5, 5.41) is 3.44. The van der Waals surface area contributed by atoms with Crippen molar-refractivity contribution in [1.29, 1.82) is 0 Å². The Morgan fingerprint density at radius 1 is 1.22 bits per heavy atom. The average molecular weight is 266 g/mol. The van der Waals surface area contributed by atoms with Crippen LogP contribution in [0.1, 0.15) is 26.3 Å². The van der Waals surface area contributed by atoms with Crippen LogP contribution in [0.4, 0.5) is 5.95 Å². The largest absolute Gasteiger partial charge is 0.339 e. The Balaban J connectivity index is 1.92. The molecule has 0 aliphatic carbocycles. The van der Waals surface area contributed by atoms with Gasteiger partial charge in [-0.3, -0.25) is 0 Å². The molecule has 0 atom stereocenters. The number of rotatable bonds is 3. The molecule has 5 heteroatoms. The van der Waals surface area contributed by atoms with E-state index in [1.165, 1.54) is 11.5 Å². The molecule has 0 radical (unpaired) electrons. The molecule has 0 aromatic carbocycles. The van der Waals surface area contributed by atoms with Gasteiger partial charge in [0.05, 0.1) is 0 Å². The molecule has 1 aromatic rings. The average Bonchev–Trinajstić information content (AvgIpc) is 2.37. The van der Waals surface area contributed by atoms with Gasteiger partial charge in [0, 0.05) is 54.6 Å². The minimum Gasteiger partial charge on any atom is -0.339 e. The van der Waals surface area contributed by atoms with E-state index in [2.05, 4.69) is 41.0 Å². The number of hydrogen-bond donors (Lipinski definition) is 1. The van der Waals surface area contributed by atoms with E-state index in [-0.39, 0.29) is 5.54 Å². The van der Waals surface area contributed by atoms with Crippen molar-refractivity contribution in [2.24, 2.45) is 0 Å². The van der Waals surface area contributed by atoms with Gasteiger partial charge >= 0.3 is 0 Å². The van der Waals surface area contributed by atoms with Crippen LogP contribution in [0.3, 0.4) is 0 Å². The Morgan fingerprint density at radius 3 is 2.39 bits per heavy atom.